The Hall–Kier alpha value is -1.88. The third-order valence-electron chi connectivity index (χ3n) is 3.36. The number of hydrogen-bond acceptors (Lipinski definition) is 5. The zero-order valence-corrected chi connectivity index (χ0v) is 12.6. The predicted octanol–water partition coefficient (Wildman–Crippen LogP) is 2.88. The van der Waals surface area contributed by atoms with Gasteiger partial charge in [0.1, 0.15) is 11.3 Å². The molecule has 1 N–H and O–H groups in total. The van der Waals surface area contributed by atoms with E-state index in [-0.39, 0.29) is 0 Å². The summed E-state index contributed by atoms with van der Waals surface area (Å²) in [6.45, 7) is 5.66. The molecule has 0 fully saturated rings. The Balaban J connectivity index is 2.68. The number of fused-ring (bicyclic) bond motifs is 1. The van der Waals surface area contributed by atoms with E-state index >= 15 is 0 Å². The number of hydrogen-bond donors (Lipinski definition) is 1. The minimum Gasteiger partial charge on any atom is -0.493 e. The molecule has 0 saturated carbocycles. The van der Waals surface area contributed by atoms with Crippen LogP contribution in [0.15, 0.2) is 10.5 Å². The summed E-state index contributed by atoms with van der Waals surface area (Å²) in [6, 6.07) is 1.83. The first kappa shape index (κ1) is 14.5. The molecule has 1 heterocycles. The summed E-state index contributed by atoms with van der Waals surface area (Å²) in [5.41, 5.74) is 1.80. The molecule has 2 aromatic rings. The molecule has 0 atom stereocenters. The summed E-state index contributed by atoms with van der Waals surface area (Å²) in [5.74, 6) is 2.73. The van der Waals surface area contributed by atoms with Gasteiger partial charge in [-0.25, -0.2) is 0 Å². The second-order valence-electron chi connectivity index (χ2n) is 4.45. The fraction of sp³-hybridized carbons (Fsp3) is 0.467. The van der Waals surface area contributed by atoms with Crippen molar-refractivity contribution in [3.63, 3.8) is 0 Å². The lowest BCUT2D eigenvalue weighted by atomic mass is 10.1. The Labute approximate surface area is 118 Å². The molecule has 0 unspecified atom stereocenters. The van der Waals surface area contributed by atoms with Gasteiger partial charge in [0.25, 0.3) is 0 Å². The third-order valence-corrected chi connectivity index (χ3v) is 3.36. The van der Waals surface area contributed by atoms with E-state index in [2.05, 4.69) is 12.2 Å². The van der Waals surface area contributed by atoms with E-state index in [0.717, 1.165) is 28.8 Å². The van der Waals surface area contributed by atoms with Crippen molar-refractivity contribution in [1.82, 2.24) is 5.32 Å². The van der Waals surface area contributed by atoms with E-state index in [0.29, 0.717) is 23.8 Å². The summed E-state index contributed by atoms with van der Waals surface area (Å²) in [6.07, 6.45) is 0. The van der Waals surface area contributed by atoms with Crippen LogP contribution < -0.4 is 19.5 Å². The van der Waals surface area contributed by atoms with Gasteiger partial charge in [-0.3, -0.25) is 0 Å². The molecule has 20 heavy (non-hydrogen) atoms. The van der Waals surface area contributed by atoms with Crippen molar-refractivity contribution in [2.24, 2.45) is 0 Å². The van der Waals surface area contributed by atoms with Crippen LogP contribution in [0.5, 0.6) is 17.2 Å². The molecule has 1 aromatic carbocycles. The molecule has 0 aliphatic carbocycles. The lowest BCUT2D eigenvalue weighted by molar-refractivity contribution is 0.326. The van der Waals surface area contributed by atoms with Crippen molar-refractivity contribution >= 4 is 11.0 Å². The van der Waals surface area contributed by atoms with Gasteiger partial charge in [-0.15, -0.1) is 0 Å². The van der Waals surface area contributed by atoms with Gasteiger partial charge in [-0.05, 0) is 13.5 Å². The molecule has 0 aliphatic rings. The zero-order chi connectivity index (χ0) is 14.7. The van der Waals surface area contributed by atoms with Gasteiger partial charge in [0.15, 0.2) is 11.5 Å². The zero-order valence-electron chi connectivity index (χ0n) is 12.6. The van der Waals surface area contributed by atoms with Crippen LogP contribution in [0.2, 0.25) is 0 Å². The first-order valence-corrected chi connectivity index (χ1v) is 6.59. The van der Waals surface area contributed by atoms with Crippen molar-refractivity contribution < 1.29 is 18.6 Å². The smallest absolute Gasteiger partial charge is 0.204 e. The van der Waals surface area contributed by atoms with E-state index < -0.39 is 0 Å². The summed E-state index contributed by atoms with van der Waals surface area (Å²) >= 11 is 0. The summed E-state index contributed by atoms with van der Waals surface area (Å²) in [7, 11) is 4.81. The van der Waals surface area contributed by atoms with Crippen LogP contribution in [0, 0.1) is 6.92 Å². The van der Waals surface area contributed by atoms with Gasteiger partial charge in [-0.1, -0.05) is 6.92 Å². The number of aryl methyl sites for hydroxylation is 1. The van der Waals surface area contributed by atoms with Gasteiger partial charge < -0.3 is 23.9 Å². The molecule has 0 saturated heterocycles. The average molecular weight is 279 g/mol. The lowest BCUT2D eigenvalue weighted by Crippen LogP contribution is -2.11. The highest BCUT2D eigenvalue weighted by Gasteiger charge is 2.22. The van der Waals surface area contributed by atoms with Crippen LogP contribution >= 0.6 is 0 Å². The fourth-order valence-electron chi connectivity index (χ4n) is 2.33. The van der Waals surface area contributed by atoms with E-state index in [4.69, 9.17) is 18.6 Å². The van der Waals surface area contributed by atoms with E-state index in [9.17, 15) is 0 Å². The summed E-state index contributed by atoms with van der Waals surface area (Å²) < 4.78 is 22.2. The molecule has 5 nitrogen and oxygen atoms in total. The van der Waals surface area contributed by atoms with E-state index in [1.807, 2.05) is 13.0 Å². The molecule has 0 amide bonds. The van der Waals surface area contributed by atoms with Gasteiger partial charge in [0, 0.05) is 11.6 Å². The fourth-order valence-corrected chi connectivity index (χ4v) is 2.33. The standard InChI is InChI=1S/C15H21NO4/c1-6-16-8-12-9(2)13-10(20-12)7-11(17-3)14(18-4)15(13)19-5/h7,16H,6,8H2,1-5H3. The number of benzene rings is 1. The number of furan rings is 1. The van der Waals surface area contributed by atoms with Crippen molar-refractivity contribution in [2.45, 2.75) is 20.4 Å². The summed E-state index contributed by atoms with van der Waals surface area (Å²) in [4.78, 5) is 0. The van der Waals surface area contributed by atoms with Crippen LogP contribution in [0.4, 0.5) is 0 Å². The van der Waals surface area contributed by atoms with Crippen LogP contribution in [0.1, 0.15) is 18.2 Å². The van der Waals surface area contributed by atoms with Gasteiger partial charge >= 0.3 is 0 Å². The number of rotatable bonds is 6. The molecule has 0 aliphatic heterocycles. The average Bonchev–Trinajstić information content (AvgIpc) is 2.79. The molecule has 0 radical (unpaired) electrons. The van der Waals surface area contributed by atoms with E-state index in [1.165, 1.54) is 0 Å². The molecule has 5 heteroatoms. The van der Waals surface area contributed by atoms with Crippen LogP contribution in [-0.2, 0) is 6.54 Å². The Morgan fingerprint density at radius 2 is 1.80 bits per heavy atom. The topological polar surface area (TPSA) is 52.9 Å². The second kappa shape index (κ2) is 6.05. The first-order valence-electron chi connectivity index (χ1n) is 6.59. The van der Waals surface area contributed by atoms with Crippen molar-refractivity contribution in [3.05, 3.63) is 17.4 Å². The largest absolute Gasteiger partial charge is 0.493 e. The number of ether oxygens (including phenoxy) is 3. The summed E-state index contributed by atoms with van der Waals surface area (Å²) in [5, 5.41) is 4.19. The number of methoxy groups -OCH3 is 3. The van der Waals surface area contributed by atoms with Crippen LogP contribution in [-0.4, -0.2) is 27.9 Å². The maximum atomic E-state index is 5.91. The second-order valence-corrected chi connectivity index (χ2v) is 4.45. The molecular weight excluding hydrogens is 258 g/mol. The molecule has 1 aromatic heterocycles. The number of nitrogens with one attached hydrogen (secondary N) is 1. The molecule has 110 valence electrons. The quantitative estimate of drug-likeness (QED) is 0.881. The molecular formula is C15H21NO4. The normalized spacial score (nSPS) is 10.8. The SMILES string of the molecule is CCNCc1oc2cc(OC)c(OC)c(OC)c2c1C. The molecule has 2 rings (SSSR count). The Kier molecular flexibility index (Phi) is 4.39. The monoisotopic (exact) mass is 279 g/mol. The van der Waals surface area contributed by atoms with Crippen LogP contribution in [0.25, 0.3) is 11.0 Å². The van der Waals surface area contributed by atoms with Crippen molar-refractivity contribution in [2.75, 3.05) is 27.9 Å². The lowest BCUT2D eigenvalue weighted by Gasteiger charge is -2.12. The maximum absolute atomic E-state index is 5.91. The van der Waals surface area contributed by atoms with Crippen LogP contribution in [0.3, 0.4) is 0 Å². The minimum absolute atomic E-state index is 0.585. The highest BCUT2D eigenvalue weighted by atomic mass is 16.5. The Morgan fingerprint density at radius 3 is 2.35 bits per heavy atom. The van der Waals surface area contributed by atoms with Crippen molar-refractivity contribution in [1.29, 1.82) is 0 Å². The van der Waals surface area contributed by atoms with E-state index in [1.54, 1.807) is 21.3 Å². The first-order chi connectivity index (χ1) is 9.67. The van der Waals surface area contributed by atoms with Gasteiger partial charge in [0.2, 0.25) is 5.75 Å². The minimum atomic E-state index is 0.585. The third kappa shape index (κ3) is 2.29. The van der Waals surface area contributed by atoms with Gasteiger partial charge in [0.05, 0.1) is 33.3 Å². The van der Waals surface area contributed by atoms with Gasteiger partial charge in [-0.2, -0.15) is 0 Å². The molecule has 0 bridgehead atoms. The predicted molar refractivity (Wildman–Crippen MR) is 78.0 cm³/mol. The van der Waals surface area contributed by atoms with Crippen molar-refractivity contribution in [3.8, 4) is 17.2 Å². The highest BCUT2D eigenvalue weighted by Crippen LogP contribution is 2.46. The maximum Gasteiger partial charge on any atom is 0.204 e. The Bertz CT molecular complexity index is 604. The highest BCUT2D eigenvalue weighted by molar-refractivity contribution is 5.93. The Morgan fingerprint density at radius 1 is 1.10 bits per heavy atom. The molecule has 0 spiro atoms.